The predicted octanol–water partition coefficient (Wildman–Crippen LogP) is 4.18. The van der Waals surface area contributed by atoms with Crippen molar-refractivity contribution in [1.82, 2.24) is 9.97 Å². The maximum Gasteiger partial charge on any atom is 0.222 e. The quantitative estimate of drug-likeness (QED) is 0.804. The predicted molar refractivity (Wildman–Crippen MR) is 83.9 cm³/mol. The van der Waals surface area contributed by atoms with E-state index in [2.05, 4.69) is 41.3 Å². The number of hydrogen-bond acceptors (Lipinski definition) is 3. The van der Waals surface area contributed by atoms with Gasteiger partial charge in [-0.15, -0.1) is 0 Å². The molecule has 0 radical (unpaired) electrons. The van der Waals surface area contributed by atoms with E-state index in [1.807, 2.05) is 24.3 Å². The van der Waals surface area contributed by atoms with E-state index < -0.39 is 0 Å². The van der Waals surface area contributed by atoms with E-state index in [1.165, 1.54) is 12.1 Å². The van der Waals surface area contributed by atoms with E-state index in [0.29, 0.717) is 11.3 Å². The van der Waals surface area contributed by atoms with Gasteiger partial charge in [-0.05, 0) is 42.7 Å². The lowest BCUT2D eigenvalue weighted by atomic mass is 9.72. The van der Waals surface area contributed by atoms with Crippen LogP contribution in [0.25, 0.3) is 11.0 Å². The molecular formula is C16H22N4. The van der Waals surface area contributed by atoms with E-state index in [9.17, 15) is 0 Å². The van der Waals surface area contributed by atoms with Crippen molar-refractivity contribution in [2.75, 3.05) is 5.43 Å². The Bertz CT molecular complexity index is 606. The van der Waals surface area contributed by atoms with E-state index in [0.717, 1.165) is 29.8 Å². The smallest absolute Gasteiger partial charge is 0.222 e. The lowest BCUT2D eigenvalue weighted by Gasteiger charge is -2.34. The Kier molecular flexibility index (Phi) is 3.24. The van der Waals surface area contributed by atoms with Gasteiger partial charge in [0.15, 0.2) is 0 Å². The lowest BCUT2D eigenvalue weighted by molar-refractivity contribution is 0.266. The molecule has 0 amide bonds. The van der Waals surface area contributed by atoms with Crippen LogP contribution in [0.15, 0.2) is 29.4 Å². The van der Waals surface area contributed by atoms with Crippen molar-refractivity contribution in [2.24, 2.45) is 16.4 Å². The average Bonchev–Trinajstić information content (AvgIpc) is 2.76. The van der Waals surface area contributed by atoms with Gasteiger partial charge in [0.05, 0.1) is 11.0 Å². The number of imidazole rings is 1. The van der Waals surface area contributed by atoms with Crippen LogP contribution in [0.4, 0.5) is 5.95 Å². The van der Waals surface area contributed by atoms with Gasteiger partial charge in [0.25, 0.3) is 0 Å². The first-order valence-corrected chi connectivity index (χ1v) is 7.28. The van der Waals surface area contributed by atoms with Crippen LogP contribution in [0.2, 0.25) is 0 Å². The molecule has 4 nitrogen and oxygen atoms in total. The van der Waals surface area contributed by atoms with Gasteiger partial charge in [0.1, 0.15) is 0 Å². The third-order valence-corrected chi connectivity index (χ3v) is 3.88. The molecule has 0 bridgehead atoms. The zero-order valence-corrected chi connectivity index (χ0v) is 12.4. The molecule has 1 aromatic heterocycles. The molecule has 1 aliphatic carbocycles. The van der Waals surface area contributed by atoms with Crippen LogP contribution in [-0.4, -0.2) is 15.7 Å². The summed E-state index contributed by atoms with van der Waals surface area (Å²) in [5.74, 6) is 1.42. The maximum absolute atomic E-state index is 4.57. The minimum atomic E-state index is 0.353. The lowest BCUT2D eigenvalue weighted by Crippen LogP contribution is -2.28. The van der Waals surface area contributed by atoms with Crippen molar-refractivity contribution in [1.29, 1.82) is 0 Å². The number of aromatic amines is 1. The number of nitrogens with one attached hydrogen (secondary N) is 2. The van der Waals surface area contributed by atoms with Crippen LogP contribution in [0.3, 0.4) is 0 Å². The van der Waals surface area contributed by atoms with Crippen LogP contribution in [0, 0.1) is 11.3 Å². The second-order valence-electron chi connectivity index (χ2n) is 6.75. The Morgan fingerprint density at radius 1 is 1.35 bits per heavy atom. The fourth-order valence-corrected chi connectivity index (χ4v) is 3.34. The molecule has 1 aromatic carbocycles. The van der Waals surface area contributed by atoms with Crippen molar-refractivity contribution in [3.8, 4) is 0 Å². The Morgan fingerprint density at radius 3 is 2.90 bits per heavy atom. The second kappa shape index (κ2) is 4.93. The maximum atomic E-state index is 4.57. The minimum absolute atomic E-state index is 0.353. The number of H-pyrrole nitrogens is 1. The molecule has 1 heterocycles. The first-order valence-electron chi connectivity index (χ1n) is 7.28. The molecule has 1 unspecified atom stereocenters. The summed E-state index contributed by atoms with van der Waals surface area (Å²) in [7, 11) is 0. The molecule has 0 spiro atoms. The molecule has 0 saturated heterocycles. The molecular weight excluding hydrogens is 248 g/mol. The molecule has 1 atom stereocenters. The van der Waals surface area contributed by atoms with Gasteiger partial charge < -0.3 is 4.98 Å². The molecule has 0 aliphatic heterocycles. The Hall–Kier alpha value is -1.84. The number of aromatic nitrogens is 2. The molecule has 4 heteroatoms. The summed E-state index contributed by atoms with van der Waals surface area (Å²) >= 11 is 0. The summed E-state index contributed by atoms with van der Waals surface area (Å²) in [6.45, 7) is 6.94. The molecule has 20 heavy (non-hydrogen) atoms. The highest BCUT2D eigenvalue weighted by Gasteiger charge is 2.29. The SMILES string of the molecule is CC1C/C(=N\Nc2nc3ccccc3[nH]2)CC(C)(C)C1. The van der Waals surface area contributed by atoms with Crippen molar-refractivity contribution in [2.45, 2.75) is 40.0 Å². The Morgan fingerprint density at radius 2 is 2.15 bits per heavy atom. The summed E-state index contributed by atoms with van der Waals surface area (Å²) in [5, 5.41) is 4.57. The van der Waals surface area contributed by atoms with Gasteiger partial charge in [-0.25, -0.2) is 10.4 Å². The standard InChI is InChI=1S/C16H22N4/c1-11-8-12(10-16(2,3)9-11)19-20-15-17-13-6-4-5-7-14(13)18-15/h4-7,11H,8-10H2,1-3H3,(H2,17,18,20)/b19-12+. The number of hydrogen-bond donors (Lipinski definition) is 2. The molecule has 1 saturated carbocycles. The first-order chi connectivity index (χ1) is 9.52. The summed E-state index contributed by atoms with van der Waals surface area (Å²) in [5.41, 5.74) is 6.68. The van der Waals surface area contributed by atoms with Crippen molar-refractivity contribution in [3.63, 3.8) is 0 Å². The van der Waals surface area contributed by atoms with E-state index >= 15 is 0 Å². The largest absolute Gasteiger partial charge is 0.323 e. The van der Waals surface area contributed by atoms with Crippen molar-refractivity contribution in [3.05, 3.63) is 24.3 Å². The molecule has 1 aliphatic rings. The summed E-state index contributed by atoms with van der Waals surface area (Å²) in [4.78, 5) is 7.72. The minimum Gasteiger partial charge on any atom is -0.323 e. The van der Waals surface area contributed by atoms with Gasteiger partial charge in [0, 0.05) is 5.71 Å². The molecule has 106 valence electrons. The van der Waals surface area contributed by atoms with Gasteiger partial charge >= 0.3 is 0 Å². The number of anilines is 1. The van der Waals surface area contributed by atoms with Crippen LogP contribution in [0.5, 0.6) is 0 Å². The zero-order chi connectivity index (χ0) is 14.2. The van der Waals surface area contributed by atoms with Gasteiger partial charge in [-0.1, -0.05) is 32.9 Å². The third kappa shape index (κ3) is 2.84. The fraction of sp³-hybridized carbons (Fsp3) is 0.500. The van der Waals surface area contributed by atoms with Crippen LogP contribution < -0.4 is 5.43 Å². The summed E-state index contributed by atoms with van der Waals surface area (Å²) in [6.07, 6.45) is 3.41. The fourth-order valence-electron chi connectivity index (χ4n) is 3.34. The molecule has 2 aromatic rings. The number of benzene rings is 1. The van der Waals surface area contributed by atoms with Gasteiger partial charge in [-0.3, -0.25) is 0 Å². The van der Waals surface area contributed by atoms with E-state index in [1.54, 1.807) is 0 Å². The highest BCUT2D eigenvalue weighted by atomic mass is 15.4. The van der Waals surface area contributed by atoms with Crippen molar-refractivity contribution < 1.29 is 0 Å². The number of rotatable bonds is 2. The number of para-hydroxylation sites is 2. The topological polar surface area (TPSA) is 53.1 Å². The average molecular weight is 270 g/mol. The first kappa shape index (κ1) is 13.2. The van der Waals surface area contributed by atoms with Gasteiger partial charge in [0.2, 0.25) is 5.95 Å². The molecule has 2 N–H and O–H groups in total. The van der Waals surface area contributed by atoms with Gasteiger partial charge in [-0.2, -0.15) is 5.10 Å². The number of fused-ring (bicyclic) bond motifs is 1. The Labute approximate surface area is 119 Å². The normalized spacial score (nSPS) is 24.1. The summed E-state index contributed by atoms with van der Waals surface area (Å²) < 4.78 is 0. The highest BCUT2D eigenvalue weighted by molar-refractivity contribution is 5.86. The molecule has 3 rings (SSSR count). The third-order valence-electron chi connectivity index (χ3n) is 3.88. The Balaban J connectivity index is 1.76. The van der Waals surface area contributed by atoms with Crippen LogP contribution in [0.1, 0.15) is 40.0 Å². The zero-order valence-electron chi connectivity index (χ0n) is 12.4. The number of hydrazone groups is 1. The second-order valence-corrected chi connectivity index (χ2v) is 6.75. The van der Waals surface area contributed by atoms with Crippen molar-refractivity contribution >= 4 is 22.7 Å². The van der Waals surface area contributed by atoms with Crippen LogP contribution >= 0.6 is 0 Å². The number of nitrogens with zero attached hydrogens (tertiary/aromatic N) is 2. The monoisotopic (exact) mass is 270 g/mol. The van der Waals surface area contributed by atoms with E-state index in [4.69, 9.17) is 0 Å². The highest BCUT2D eigenvalue weighted by Crippen LogP contribution is 2.37. The van der Waals surface area contributed by atoms with E-state index in [-0.39, 0.29) is 0 Å². The summed E-state index contributed by atoms with van der Waals surface area (Å²) in [6, 6.07) is 8.01. The molecule has 1 fully saturated rings. The van der Waals surface area contributed by atoms with Crippen LogP contribution in [-0.2, 0) is 0 Å².